The van der Waals surface area contributed by atoms with Gasteiger partial charge in [-0.15, -0.1) is 11.3 Å². The van der Waals surface area contributed by atoms with Crippen molar-refractivity contribution in [2.45, 2.75) is 6.42 Å². The normalized spacial score (nSPS) is 10.8. The first-order chi connectivity index (χ1) is 7.27. The van der Waals surface area contributed by atoms with Crippen LogP contribution in [0.1, 0.15) is 21.0 Å². The zero-order chi connectivity index (χ0) is 11.1. The van der Waals surface area contributed by atoms with E-state index in [9.17, 15) is 4.79 Å². The summed E-state index contributed by atoms with van der Waals surface area (Å²) in [4.78, 5) is 12.8. The summed E-state index contributed by atoms with van der Waals surface area (Å²) >= 11 is 1.42. The summed E-state index contributed by atoms with van der Waals surface area (Å²) < 4.78 is 0. The lowest BCUT2D eigenvalue weighted by atomic mass is 10.3. The molecule has 0 saturated heterocycles. The van der Waals surface area contributed by atoms with Crippen molar-refractivity contribution in [3.05, 3.63) is 28.0 Å². The van der Waals surface area contributed by atoms with Gasteiger partial charge in [0.2, 0.25) is 0 Å². The molecule has 82 valence electrons. The van der Waals surface area contributed by atoms with E-state index >= 15 is 0 Å². The number of carbonyl (C=O) groups is 1. The molecule has 1 aromatic heterocycles. The van der Waals surface area contributed by atoms with Crippen molar-refractivity contribution in [1.29, 1.82) is 0 Å². The van der Waals surface area contributed by atoms with E-state index in [1.807, 2.05) is 19.2 Å². The van der Waals surface area contributed by atoms with Crippen LogP contribution >= 0.6 is 11.3 Å². The molecule has 0 atom stereocenters. The van der Waals surface area contributed by atoms with Crippen molar-refractivity contribution in [3.8, 4) is 0 Å². The Morgan fingerprint density at radius 3 is 3.07 bits per heavy atom. The van der Waals surface area contributed by atoms with Gasteiger partial charge in [0.25, 0.3) is 5.91 Å². The highest BCUT2D eigenvalue weighted by Gasteiger charge is 2.05. The number of hydrazine groups is 1. The summed E-state index contributed by atoms with van der Waals surface area (Å²) in [6.07, 6.45) is 5.06. The van der Waals surface area contributed by atoms with Crippen molar-refractivity contribution in [2.75, 3.05) is 13.6 Å². The Hall–Kier alpha value is -1.17. The van der Waals surface area contributed by atoms with E-state index in [0.29, 0.717) is 4.88 Å². The maximum absolute atomic E-state index is 11.1. The van der Waals surface area contributed by atoms with Gasteiger partial charge in [-0.3, -0.25) is 10.2 Å². The number of hydrogen-bond acceptors (Lipinski definition) is 4. The molecule has 0 bridgehead atoms. The van der Waals surface area contributed by atoms with Crippen LogP contribution in [-0.4, -0.2) is 19.5 Å². The van der Waals surface area contributed by atoms with Crippen LogP contribution in [0.2, 0.25) is 0 Å². The van der Waals surface area contributed by atoms with Gasteiger partial charge in [-0.05, 0) is 38.2 Å². The highest BCUT2D eigenvalue weighted by atomic mass is 32.1. The Kier molecular flexibility index (Phi) is 5.03. The lowest BCUT2D eigenvalue weighted by Gasteiger charge is -1.92. The zero-order valence-electron chi connectivity index (χ0n) is 8.62. The number of rotatable bonds is 5. The van der Waals surface area contributed by atoms with E-state index in [1.165, 1.54) is 11.3 Å². The Labute approximate surface area is 93.1 Å². The molecule has 1 amide bonds. The Morgan fingerprint density at radius 1 is 1.60 bits per heavy atom. The molecule has 1 heterocycles. The van der Waals surface area contributed by atoms with Gasteiger partial charge in [0.05, 0.1) is 4.88 Å². The number of thiophene rings is 1. The SMILES string of the molecule is CNCCC=Cc1ccc(C(=O)NN)s1. The van der Waals surface area contributed by atoms with Gasteiger partial charge < -0.3 is 5.32 Å². The minimum atomic E-state index is -0.241. The Morgan fingerprint density at radius 2 is 2.40 bits per heavy atom. The fourth-order valence-corrected chi connectivity index (χ4v) is 1.90. The van der Waals surface area contributed by atoms with E-state index in [1.54, 1.807) is 6.07 Å². The fraction of sp³-hybridized carbons (Fsp3) is 0.300. The maximum Gasteiger partial charge on any atom is 0.275 e. The van der Waals surface area contributed by atoms with Crippen LogP contribution in [0.25, 0.3) is 6.08 Å². The molecule has 5 heteroatoms. The largest absolute Gasteiger partial charge is 0.319 e. The Bertz CT molecular complexity index is 346. The molecule has 0 fully saturated rings. The molecular formula is C10H15N3OS. The second kappa shape index (κ2) is 6.34. The van der Waals surface area contributed by atoms with E-state index < -0.39 is 0 Å². The number of nitrogens with one attached hydrogen (secondary N) is 2. The van der Waals surface area contributed by atoms with Crippen molar-refractivity contribution in [1.82, 2.24) is 10.7 Å². The van der Waals surface area contributed by atoms with Gasteiger partial charge in [-0.25, -0.2) is 5.84 Å². The molecule has 0 aliphatic heterocycles. The Balaban J connectivity index is 2.52. The van der Waals surface area contributed by atoms with Crippen LogP contribution in [-0.2, 0) is 0 Å². The molecule has 0 saturated carbocycles. The van der Waals surface area contributed by atoms with E-state index in [-0.39, 0.29) is 5.91 Å². The van der Waals surface area contributed by atoms with Gasteiger partial charge in [-0.1, -0.05) is 6.08 Å². The summed E-state index contributed by atoms with van der Waals surface area (Å²) in [5.41, 5.74) is 2.11. The second-order valence-corrected chi connectivity index (χ2v) is 4.09. The number of carbonyl (C=O) groups excluding carboxylic acids is 1. The zero-order valence-corrected chi connectivity index (χ0v) is 9.43. The third-order valence-electron chi connectivity index (χ3n) is 1.82. The summed E-state index contributed by atoms with van der Waals surface area (Å²) in [6, 6.07) is 3.68. The highest BCUT2D eigenvalue weighted by Crippen LogP contribution is 2.17. The summed E-state index contributed by atoms with van der Waals surface area (Å²) in [6.45, 7) is 0.956. The smallest absolute Gasteiger partial charge is 0.275 e. The quantitative estimate of drug-likeness (QED) is 0.303. The molecule has 4 nitrogen and oxygen atoms in total. The number of nitrogen functional groups attached to an aromatic ring is 1. The molecule has 0 unspecified atom stereocenters. The van der Waals surface area contributed by atoms with Gasteiger partial charge in [0.1, 0.15) is 0 Å². The van der Waals surface area contributed by atoms with Crippen LogP contribution in [0.15, 0.2) is 18.2 Å². The van der Waals surface area contributed by atoms with Crippen LogP contribution in [0.3, 0.4) is 0 Å². The predicted octanol–water partition coefficient (Wildman–Crippen LogP) is 0.974. The molecule has 15 heavy (non-hydrogen) atoms. The molecular weight excluding hydrogens is 210 g/mol. The number of amides is 1. The van der Waals surface area contributed by atoms with E-state index in [2.05, 4.69) is 16.8 Å². The van der Waals surface area contributed by atoms with Crippen molar-refractivity contribution < 1.29 is 4.79 Å². The molecule has 4 N–H and O–H groups in total. The lowest BCUT2D eigenvalue weighted by Crippen LogP contribution is -2.29. The van der Waals surface area contributed by atoms with E-state index in [4.69, 9.17) is 5.84 Å². The number of hydrogen-bond donors (Lipinski definition) is 3. The van der Waals surface area contributed by atoms with Crippen molar-refractivity contribution >= 4 is 23.3 Å². The summed E-state index contributed by atoms with van der Waals surface area (Å²) in [5.74, 6) is 4.79. The third kappa shape index (κ3) is 3.83. The summed E-state index contributed by atoms with van der Waals surface area (Å²) in [7, 11) is 1.92. The van der Waals surface area contributed by atoms with Gasteiger partial charge in [0, 0.05) is 4.88 Å². The van der Waals surface area contributed by atoms with Crippen LogP contribution in [0.5, 0.6) is 0 Å². The second-order valence-electron chi connectivity index (χ2n) is 2.97. The highest BCUT2D eigenvalue weighted by molar-refractivity contribution is 7.14. The van der Waals surface area contributed by atoms with E-state index in [0.717, 1.165) is 17.8 Å². The molecule has 0 aliphatic carbocycles. The molecule has 1 aromatic rings. The predicted molar refractivity (Wildman–Crippen MR) is 63.6 cm³/mol. The van der Waals surface area contributed by atoms with Gasteiger partial charge in [0.15, 0.2) is 0 Å². The van der Waals surface area contributed by atoms with Gasteiger partial charge in [-0.2, -0.15) is 0 Å². The fourth-order valence-electron chi connectivity index (χ4n) is 1.06. The molecule has 0 aliphatic rings. The van der Waals surface area contributed by atoms with Crippen molar-refractivity contribution in [2.24, 2.45) is 5.84 Å². The standard InChI is InChI=1S/C10H15N3OS/c1-12-7-3-2-4-8-5-6-9(15-8)10(14)13-11/h2,4-6,12H,3,7,11H2,1H3,(H,13,14). The monoisotopic (exact) mass is 225 g/mol. The van der Waals surface area contributed by atoms with Gasteiger partial charge >= 0.3 is 0 Å². The number of nitrogens with two attached hydrogens (primary N) is 1. The molecule has 0 aromatic carbocycles. The third-order valence-corrected chi connectivity index (χ3v) is 2.87. The lowest BCUT2D eigenvalue weighted by molar-refractivity contribution is 0.0957. The molecule has 1 rings (SSSR count). The average molecular weight is 225 g/mol. The van der Waals surface area contributed by atoms with Crippen LogP contribution < -0.4 is 16.6 Å². The first-order valence-corrected chi connectivity index (χ1v) is 5.51. The first-order valence-electron chi connectivity index (χ1n) is 4.70. The minimum absolute atomic E-state index is 0.241. The molecule has 0 radical (unpaired) electrons. The molecule has 0 spiro atoms. The minimum Gasteiger partial charge on any atom is -0.319 e. The average Bonchev–Trinajstić information content (AvgIpc) is 2.72. The van der Waals surface area contributed by atoms with Crippen molar-refractivity contribution in [3.63, 3.8) is 0 Å². The summed E-state index contributed by atoms with van der Waals surface area (Å²) in [5, 5.41) is 3.06. The van der Waals surface area contributed by atoms with Crippen LogP contribution in [0.4, 0.5) is 0 Å². The maximum atomic E-state index is 11.1. The van der Waals surface area contributed by atoms with Crippen LogP contribution in [0, 0.1) is 0 Å². The first kappa shape index (κ1) is 11.9. The topological polar surface area (TPSA) is 67.2 Å².